The monoisotopic (exact) mass is 290 g/mol. The molecule has 3 aromatic rings. The fourth-order valence-electron chi connectivity index (χ4n) is 2.29. The van der Waals surface area contributed by atoms with Crippen LogP contribution in [-0.2, 0) is 0 Å². The Morgan fingerprint density at radius 1 is 1.09 bits per heavy atom. The van der Waals surface area contributed by atoms with Gasteiger partial charge in [0.15, 0.2) is 0 Å². The van der Waals surface area contributed by atoms with E-state index in [1.165, 1.54) is 0 Å². The van der Waals surface area contributed by atoms with Crippen LogP contribution in [0.2, 0.25) is 0 Å². The Kier molecular flexibility index (Phi) is 3.50. The molecular formula is C17H14N4O. The standard InChI is InChI=1S/C17H14N4O/c1-11-8-14(3-2-13(11)10-18)20-17(22)21-15-4-5-16-12(9-15)6-7-19-16/h2-9,19H,1H3,(H2,20,21,22). The number of nitrogens with zero attached hydrogens (tertiary/aromatic N) is 1. The number of amides is 2. The lowest BCUT2D eigenvalue weighted by molar-refractivity contribution is 0.262. The van der Waals surface area contributed by atoms with Crippen LogP contribution in [0.1, 0.15) is 11.1 Å². The summed E-state index contributed by atoms with van der Waals surface area (Å²) >= 11 is 0. The van der Waals surface area contributed by atoms with Gasteiger partial charge in [-0.2, -0.15) is 5.26 Å². The van der Waals surface area contributed by atoms with Crippen molar-refractivity contribution in [1.29, 1.82) is 5.26 Å². The number of aromatic nitrogens is 1. The van der Waals surface area contributed by atoms with Crippen molar-refractivity contribution in [1.82, 2.24) is 4.98 Å². The Morgan fingerprint density at radius 3 is 2.55 bits per heavy atom. The summed E-state index contributed by atoms with van der Waals surface area (Å²) in [6.45, 7) is 1.83. The second-order valence-corrected chi connectivity index (χ2v) is 5.00. The summed E-state index contributed by atoms with van der Waals surface area (Å²) in [6.07, 6.45) is 1.86. The Bertz CT molecular complexity index is 889. The second kappa shape index (κ2) is 5.62. The van der Waals surface area contributed by atoms with E-state index in [0.29, 0.717) is 11.3 Å². The third-order valence-electron chi connectivity index (χ3n) is 3.42. The van der Waals surface area contributed by atoms with Crippen molar-refractivity contribution in [2.45, 2.75) is 6.92 Å². The molecular weight excluding hydrogens is 276 g/mol. The molecule has 0 aliphatic heterocycles. The molecule has 0 unspecified atom stereocenters. The van der Waals surface area contributed by atoms with E-state index in [9.17, 15) is 4.79 Å². The van der Waals surface area contributed by atoms with Gasteiger partial charge in [0.1, 0.15) is 0 Å². The molecule has 0 radical (unpaired) electrons. The Balaban J connectivity index is 1.72. The normalized spacial score (nSPS) is 10.2. The summed E-state index contributed by atoms with van der Waals surface area (Å²) in [4.78, 5) is 15.1. The fourth-order valence-corrected chi connectivity index (χ4v) is 2.29. The van der Waals surface area contributed by atoms with Gasteiger partial charge in [0, 0.05) is 28.5 Å². The number of carbonyl (C=O) groups is 1. The molecule has 2 amide bonds. The molecule has 5 nitrogen and oxygen atoms in total. The van der Waals surface area contributed by atoms with E-state index in [1.54, 1.807) is 18.2 Å². The van der Waals surface area contributed by atoms with Gasteiger partial charge in [-0.15, -0.1) is 0 Å². The van der Waals surface area contributed by atoms with E-state index in [2.05, 4.69) is 21.7 Å². The first-order valence-electron chi connectivity index (χ1n) is 6.81. The van der Waals surface area contributed by atoms with E-state index in [-0.39, 0.29) is 6.03 Å². The van der Waals surface area contributed by atoms with Crippen molar-refractivity contribution >= 4 is 28.3 Å². The van der Waals surface area contributed by atoms with Crippen LogP contribution < -0.4 is 10.6 Å². The minimum atomic E-state index is -0.320. The van der Waals surface area contributed by atoms with Crippen LogP contribution in [-0.4, -0.2) is 11.0 Å². The van der Waals surface area contributed by atoms with E-state index in [4.69, 9.17) is 5.26 Å². The highest BCUT2D eigenvalue weighted by Crippen LogP contribution is 2.19. The minimum absolute atomic E-state index is 0.320. The number of nitriles is 1. The van der Waals surface area contributed by atoms with Gasteiger partial charge in [0.2, 0.25) is 0 Å². The molecule has 22 heavy (non-hydrogen) atoms. The summed E-state index contributed by atoms with van der Waals surface area (Å²) in [5, 5.41) is 15.5. The summed E-state index contributed by atoms with van der Waals surface area (Å²) in [5.41, 5.74) is 3.82. The summed E-state index contributed by atoms with van der Waals surface area (Å²) < 4.78 is 0. The van der Waals surface area contributed by atoms with Gasteiger partial charge in [-0.3, -0.25) is 0 Å². The smallest absolute Gasteiger partial charge is 0.323 e. The summed E-state index contributed by atoms with van der Waals surface area (Å²) in [7, 11) is 0. The van der Waals surface area contributed by atoms with Crippen LogP contribution >= 0.6 is 0 Å². The lowest BCUT2D eigenvalue weighted by Gasteiger charge is -2.09. The van der Waals surface area contributed by atoms with Crippen LogP contribution in [0.3, 0.4) is 0 Å². The number of urea groups is 1. The number of H-pyrrole nitrogens is 1. The quantitative estimate of drug-likeness (QED) is 0.667. The van der Waals surface area contributed by atoms with Crippen LogP contribution in [0, 0.1) is 18.3 Å². The van der Waals surface area contributed by atoms with Gasteiger partial charge in [0.05, 0.1) is 11.6 Å². The first kappa shape index (κ1) is 13.7. The number of anilines is 2. The number of nitrogens with one attached hydrogen (secondary N) is 3. The van der Waals surface area contributed by atoms with E-state index >= 15 is 0 Å². The number of rotatable bonds is 2. The molecule has 1 heterocycles. The maximum Gasteiger partial charge on any atom is 0.323 e. The highest BCUT2D eigenvalue weighted by Gasteiger charge is 2.05. The number of benzene rings is 2. The SMILES string of the molecule is Cc1cc(NC(=O)Nc2ccc3[nH]ccc3c2)ccc1C#N. The molecule has 3 N–H and O–H groups in total. The van der Waals surface area contributed by atoms with Gasteiger partial charge in [-0.25, -0.2) is 4.79 Å². The Labute approximate surface area is 127 Å². The Morgan fingerprint density at radius 2 is 1.82 bits per heavy atom. The van der Waals surface area contributed by atoms with Crippen LogP contribution in [0.4, 0.5) is 16.2 Å². The van der Waals surface area contributed by atoms with Crippen molar-refractivity contribution < 1.29 is 4.79 Å². The molecule has 0 aliphatic carbocycles. The van der Waals surface area contributed by atoms with Crippen LogP contribution in [0.15, 0.2) is 48.7 Å². The number of fused-ring (bicyclic) bond motifs is 1. The molecule has 3 rings (SSSR count). The molecule has 0 spiro atoms. The first-order chi connectivity index (χ1) is 10.7. The lowest BCUT2D eigenvalue weighted by Crippen LogP contribution is -2.19. The van der Waals surface area contributed by atoms with Crippen LogP contribution in [0.25, 0.3) is 10.9 Å². The van der Waals surface area contributed by atoms with Gasteiger partial charge in [-0.05, 0) is 55.0 Å². The number of carbonyl (C=O) groups excluding carboxylic acids is 1. The van der Waals surface area contributed by atoms with Gasteiger partial charge >= 0.3 is 6.03 Å². The highest BCUT2D eigenvalue weighted by molar-refractivity contribution is 6.01. The zero-order valence-electron chi connectivity index (χ0n) is 12.0. The van der Waals surface area contributed by atoms with E-state index in [1.807, 2.05) is 37.4 Å². The van der Waals surface area contributed by atoms with Crippen molar-refractivity contribution in [3.63, 3.8) is 0 Å². The van der Waals surface area contributed by atoms with Crippen molar-refractivity contribution in [3.05, 3.63) is 59.8 Å². The number of aromatic amines is 1. The highest BCUT2D eigenvalue weighted by atomic mass is 16.2. The maximum atomic E-state index is 12.0. The van der Waals surface area contributed by atoms with Gasteiger partial charge in [0.25, 0.3) is 0 Å². The number of aryl methyl sites for hydroxylation is 1. The fraction of sp³-hybridized carbons (Fsp3) is 0.0588. The zero-order valence-corrected chi connectivity index (χ0v) is 12.0. The third-order valence-corrected chi connectivity index (χ3v) is 3.42. The van der Waals surface area contributed by atoms with Crippen molar-refractivity contribution in [2.24, 2.45) is 0 Å². The molecule has 108 valence electrons. The molecule has 0 aliphatic rings. The van der Waals surface area contributed by atoms with Crippen LogP contribution in [0.5, 0.6) is 0 Å². The second-order valence-electron chi connectivity index (χ2n) is 5.00. The average molecular weight is 290 g/mol. The zero-order chi connectivity index (χ0) is 15.5. The molecule has 0 fully saturated rings. The predicted octanol–water partition coefficient (Wildman–Crippen LogP) is 3.99. The van der Waals surface area contributed by atoms with Gasteiger partial charge in [-0.1, -0.05) is 0 Å². The van der Waals surface area contributed by atoms with Crippen molar-refractivity contribution in [3.8, 4) is 6.07 Å². The largest absolute Gasteiger partial charge is 0.361 e. The predicted molar refractivity (Wildman–Crippen MR) is 86.8 cm³/mol. The van der Waals surface area contributed by atoms with E-state index < -0.39 is 0 Å². The summed E-state index contributed by atoms with van der Waals surface area (Å²) in [5.74, 6) is 0. The molecule has 0 saturated heterocycles. The molecule has 2 aromatic carbocycles. The lowest BCUT2D eigenvalue weighted by atomic mass is 10.1. The molecule has 0 saturated carbocycles. The van der Waals surface area contributed by atoms with Crippen molar-refractivity contribution in [2.75, 3.05) is 10.6 Å². The molecule has 0 atom stereocenters. The average Bonchev–Trinajstić information content (AvgIpc) is 2.95. The topological polar surface area (TPSA) is 80.7 Å². The van der Waals surface area contributed by atoms with E-state index in [0.717, 1.165) is 22.2 Å². The molecule has 5 heteroatoms. The molecule has 1 aromatic heterocycles. The minimum Gasteiger partial charge on any atom is -0.361 e. The first-order valence-corrected chi connectivity index (χ1v) is 6.81. The maximum absolute atomic E-state index is 12.0. The number of hydrogen-bond acceptors (Lipinski definition) is 2. The number of hydrogen-bond donors (Lipinski definition) is 3. The summed E-state index contributed by atoms with van der Waals surface area (Å²) in [6, 6.07) is 14.5. The third kappa shape index (κ3) is 2.76. The van der Waals surface area contributed by atoms with Gasteiger partial charge < -0.3 is 15.6 Å². The molecule has 0 bridgehead atoms. The Hall–Kier alpha value is -3.26.